The number of aryl methyl sites for hydroxylation is 1. The maximum atomic E-state index is 12.2. The highest BCUT2D eigenvalue weighted by Gasteiger charge is 2.32. The van der Waals surface area contributed by atoms with Crippen molar-refractivity contribution in [2.45, 2.75) is 32.0 Å². The van der Waals surface area contributed by atoms with E-state index in [1.54, 1.807) is 6.20 Å². The Morgan fingerprint density at radius 1 is 1.43 bits per heavy atom. The lowest BCUT2D eigenvalue weighted by atomic mass is 10.1. The first-order valence-corrected chi connectivity index (χ1v) is 6.97. The van der Waals surface area contributed by atoms with Gasteiger partial charge in [0.05, 0.1) is 17.8 Å². The smallest absolute Gasteiger partial charge is 0.254 e. The van der Waals surface area contributed by atoms with Gasteiger partial charge in [-0.1, -0.05) is 0 Å². The molecule has 110 valence electrons. The second-order valence-electron chi connectivity index (χ2n) is 4.92. The minimum atomic E-state index is -0.181. The molecular weight excluding hydrogens is 270 g/mol. The second-order valence-corrected chi connectivity index (χ2v) is 4.92. The molecule has 7 heteroatoms. The largest absolute Gasteiger partial charge is 0.371 e. The Kier molecular flexibility index (Phi) is 3.92. The number of nitrogens with one attached hydrogen (secondary N) is 1. The first-order valence-electron chi connectivity index (χ1n) is 6.97. The van der Waals surface area contributed by atoms with Crippen LogP contribution in [0.3, 0.4) is 0 Å². The third-order valence-corrected chi connectivity index (χ3v) is 3.54. The predicted octanol–water partition coefficient (Wildman–Crippen LogP) is 0.953. The van der Waals surface area contributed by atoms with E-state index in [-0.39, 0.29) is 18.1 Å². The van der Waals surface area contributed by atoms with Crippen molar-refractivity contribution in [3.8, 4) is 0 Å². The summed E-state index contributed by atoms with van der Waals surface area (Å²) in [5, 5.41) is 7.25. The molecule has 1 aliphatic heterocycles. The minimum absolute atomic E-state index is 0.0628. The van der Waals surface area contributed by atoms with Gasteiger partial charge >= 0.3 is 0 Å². The van der Waals surface area contributed by atoms with Crippen molar-refractivity contribution >= 4 is 5.91 Å². The van der Waals surface area contributed by atoms with E-state index in [1.165, 1.54) is 18.7 Å². The molecule has 7 nitrogen and oxygen atoms in total. The van der Waals surface area contributed by atoms with Gasteiger partial charge in [0.2, 0.25) is 0 Å². The Hall–Kier alpha value is -2.28. The van der Waals surface area contributed by atoms with Crippen LogP contribution in [-0.2, 0) is 11.3 Å². The summed E-state index contributed by atoms with van der Waals surface area (Å²) in [6.07, 6.45) is 8.79. The number of aromatic nitrogens is 4. The lowest BCUT2D eigenvalue weighted by Gasteiger charge is -2.18. The van der Waals surface area contributed by atoms with Crippen LogP contribution < -0.4 is 5.32 Å². The Labute approximate surface area is 122 Å². The van der Waals surface area contributed by atoms with E-state index in [0.29, 0.717) is 12.2 Å². The fourth-order valence-electron chi connectivity index (χ4n) is 2.43. The lowest BCUT2D eigenvalue weighted by molar-refractivity contribution is 0.0821. The number of amides is 1. The Bertz CT molecular complexity index is 613. The third kappa shape index (κ3) is 2.92. The number of nitrogens with zero attached hydrogens (tertiary/aromatic N) is 4. The Balaban J connectivity index is 1.71. The molecule has 21 heavy (non-hydrogen) atoms. The first kappa shape index (κ1) is 13.7. The fourth-order valence-corrected chi connectivity index (χ4v) is 2.43. The van der Waals surface area contributed by atoms with E-state index in [9.17, 15) is 4.79 Å². The van der Waals surface area contributed by atoms with Gasteiger partial charge in [0, 0.05) is 37.3 Å². The summed E-state index contributed by atoms with van der Waals surface area (Å²) in [7, 11) is 0. The van der Waals surface area contributed by atoms with Crippen LogP contribution in [0, 0.1) is 0 Å². The normalized spacial score (nSPS) is 21.4. The number of hydrogen-bond acceptors (Lipinski definition) is 5. The monoisotopic (exact) mass is 287 g/mol. The molecule has 0 bridgehead atoms. The van der Waals surface area contributed by atoms with Gasteiger partial charge in [-0.05, 0) is 13.3 Å². The predicted molar refractivity (Wildman–Crippen MR) is 74.5 cm³/mol. The van der Waals surface area contributed by atoms with Crippen LogP contribution in [0.1, 0.15) is 35.4 Å². The standard InChI is InChI=1S/C14H17N5O2/c1-2-19-8-11(7-17-19)13-12(3-4-21-13)18-14(20)10-5-15-9-16-6-10/h5-9,12-13H,2-4H2,1H3,(H,18,20)/t12-,13+/m0/s1. The lowest BCUT2D eigenvalue weighted by Crippen LogP contribution is -2.36. The van der Waals surface area contributed by atoms with Gasteiger partial charge in [-0.3, -0.25) is 9.48 Å². The number of hydrogen-bond donors (Lipinski definition) is 1. The van der Waals surface area contributed by atoms with Crippen molar-refractivity contribution in [3.05, 3.63) is 42.2 Å². The molecule has 0 radical (unpaired) electrons. The maximum absolute atomic E-state index is 12.2. The number of carbonyl (C=O) groups is 1. The molecule has 3 heterocycles. The van der Waals surface area contributed by atoms with Gasteiger partial charge in [0.25, 0.3) is 5.91 Å². The van der Waals surface area contributed by atoms with Crippen LogP contribution in [0.15, 0.2) is 31.1 Å². The molecule has 2 atom stereocenters. The topological polar surface area (TPSA) is 81.9 Å². The molecule has 2 aromatic rings. The van der Waals surface area contributed by atoms with Crippen molar-refractivity contribution in [3.63, 3.8) is 0 Å². The second kappa shape index (κ2) is 6.01. The zero-order valence-electron chi connectivity index (χ0n) is 11.8. The van der Waals surface area contributed by atoms with Gasteiger partial charge in [-0.25, -0.2) is 9.97 Å². The molecule has 2 aromatic heterocycles. The number of rotatable bonds is 4. The molecule has 1 aliphatic rings. The van der Waals surface area contributed by atoms with Crippen LogP contribution in [0.2, 0.25) is 0 Å². The summed E-state index contributed by atoms with van der Waals surface area (Å²) in [4.78, 5) is 19.9. The van der Waals surface area contributed by atoms with E-state index in [2.05, 4.69) is 20.4 Å². The molecule has 0 saturated carbocycles. The van der Waals surface area contributed by atoms with Gasteiger partial charge in [-0.15, -0.1) is 0 Å². The summed E-state index contributed by atoms with van der Waals surface area (Å²) in [6.45, 7) is 3.46. The van der Waals surface area contributed by atoms with Crippen LogP contribution in [0.25, 0.3) is 0 Å². The Morgan fingerprint density at radius 3 is 2.95 bits per heavy atom. The van der Waals surface area contributed by atoms with E-state index < -0.39 is 0 Å². The van der Waals surface area contributed by atoms with E-state index in [4.69, 9.17) is 4.74 Å². The molecule has 3 rings (SSSR count). The van der Waals surface area contributed by atoms with Gasteiger partial charge in [0.1, 0.15) is 12.4 Å². The van der Waals surface area contributed by atoms with Crippen molar-refractivity contribution in [1.29, 1.82) is 0 Å². The highest BCUT2D eigenvalue weighted by molar-refractivity contribution is 5.93. The zero-order chi connectivity index (χ0) is 14.7. The first-order chi connectivity index (χ1) is 10.3. The van der Waals surface area contributed by atoms with Crippen LogP contribution >= 0.6 is 0 Å². The van der Waals surface area contributed by atoms with Crippen LogP contribution in [0.5, 0.6) is 0 Å². The van der Waals surface area contributed by atoms with Crippen LogP contribution in [0.4, 0.5) is 0 Å². The average Bonchev–Trinajstić information content (AvgIpc) is 3.16. The summed E-state index contributed by atoms with van der Waals surface area (Å²) in [5.74, 6) is -0.181. The van der Waals surface area contributed by atoms with E-state index in [0.717, 1.165) is 18.5 Å². The summed E-state index contributed by atoms with van der Waals surface area (Å²) in [5.41, 5.74) is 1.44. The SMILES string of the molecule is CCn1cc([C@H]2OCC[C@@H]2NC(=O)c2cncnc2)cn1. The van der Waals surface area contributed by atoms with E-state index >= 15 is 0 Å². The third-order valence-electron chi connectivity index (χ3n) is 3.54. The van der Waals surface area contributed by atoms with Gasteiger partial charge in [-0.2, -0.15) is 5.10 Å². The number of carbonyl (C=O) groups excluding carboxylic acids is 1. The zero-order valence-corrected chi connectivity index (χ0v) is 11.8. The average molecular weight is 287 g/mol. The Morgan fingerprint density at radius 2 is 2.24 bits per heavy atom. The van der Waals surface area contributed by atoms with Crippen LogP contribution in [-0.4, -0.2) is 38.3 Å². The summed E-state index contributed by atoms with van der Waals surface area (Å²) >= 11 is 0. The molecule has 1 saturated heterocycles. The minimum Gasteiger partial charge on any atom is -0.371 e. The molecular formula is C14H17N5O2. The fraction of sp³-hybridized carbons (Fsp3) is 0.429. The molecule has 1 N–H and O–H groups in total. The number of ether oxygens (including phenoxy) is 1. The molecule has 0 spiro atoms. The van der Waals surface area contributed by atoms with Gasteiger partial charge in [0.15, 0.2) is 0 Å². The van der Waals surface area contributed by atoms with Crippen molar-refractivity contribution in [2.75, 3.05) is 6.61 Å². The van der Waals surface area contributed by atoms with Crippen molar-refractivity contribution in [1.82, 2.24) is 25.1 Å². The summed E-state index contributed by atoms with van der Waals surface area (Å²) in [6, 6.07) is -0.0628. The highest BCUT2D eigenvalue weighted by Crippen LogP contribution is 2.29. The maximum Gasteiger partial charge on any atom is 0.254 e. The van der Waals surface area contributed by atoms with Gasteiger partial charge < -0.3 is 10.1 Å². The molecule has 0 unspecified atom stereocenters. The molecule has 1 amide bonds. The van der Waals surface area contributed by atoms with E-state index in [1.807, 2.05) is 17.8 Å². The van der Waals surface area contributed by atoms with Crippen molar-refractivity contribution in [2.24, 2.45) is 0 Å². The molecule has 0 aromatic carbocycles. The summed E-state index contributed by atoms with van der Waals surface area (Å²) < 4.78 is 7.60. The quantitative estimate of drug-likeness (QED) is 0.905. The van der Waals surface area contributed by atoms with Crippen molar-refractivity contribution < 1.29 is 9.53 Å². The molecule has 1 fully saturated rings. The highest BCUT2D eigenvalue weighted by atomic mass is 16.5. The molecule has 0 aliphatic carbocycles.